The van der Waals surface area contributed by atoms with E-state index in [2.05, 4.69) is 17.1 Å². The number of aromatic nitrogens is 1. The number of fused-ring (bicyclic) bond motifs is 2. The van der Waals surface area contributed by atoms with Crippen molar-refractivity contribution in [2.24, 2.45) is 0 Å². The van der Waals surface area contributed by atoms with Gasteiger partial charge in [0, 0.05) is 12.3 Å². The van der Waals surface area contributed by atoms with Crippen LogP contribution in [-0.4, -0.2) is 29.9 Å². The molecule has 0 bridgehead atoms. The second-order valence-corrected chi connectivity index (χ2v) is 8.08. The van der Waals surface area contributed by atoms with Gasteiger partial charge in [0.2, 0.25) is 5.88 Å². The van der Waals surface area contributed by atoms with Gasteiger partial charge in [-0.3, -0.25) is 9.78 Å². The molecule has 2 aliphatic rings. The summed E-state index contributed by atoms with van der Waals surface area (Å²) in [4.78, 5) is 14.1. The van der Waals surface area contributed by atoms with Crippen molar-refractivity contribution in [1.29, 1.82) is 0 Å². The molecule has 2 N–H and O–H groups in total. The third-order valence-corrected chi connectivity index (χ3v) is 6.02. The second-order valence-electron chi connectivity index (χ2n) is 7.01. The molecule has 0 spiro atoms. The fourth-order valence-electron chi connectivity index (χ4n) is 3.65. The Labute approximate surface area is 165 Å². The zero-order valence-corrected chi connectivity index (χ0v) is 15.9. The van der Waals surface area contributed by atoms with E-state index < -0.39 is 0 Å². The van der Waals surface area contributed by atoms with E-state index in [-0.39, 0.29) is 10.8 Å². The Hall–Kier alpha value is -2.93. The first kappa shape index (κ1) is 17.2. The van der Waals surface area contributed by atoms with E-state index in [1.54, 1.807) is 0 Å². The highest BCUT2D eigenvalue weighted by Gasteiger charge is 2.30. The predicted octanol–water partition coefficient (Wildman–Crippen LogP) is 3.22. The molecule has 2 heterocycles. The van der Waals surface area contributed by atoms with Crippen LogP contribution in [0.1, 0.15) is 27.5 Å². The number of ether oxygens (including phenoxy) is 3. The molecule has 1 aliphatic carbocycles. The highest BCUT2D eigenvalue weighted by molar-refractivity contribution is 7.09. The summed E-state index contributed by atoms with van der Waals surface area (Å²) in [5.74, 6) is 2.80. The summed E-state index contributed by atoms with van der Waals surface area (Å²) < 4.78 is 17.3. The van der Waals surface area contributed by atoms with Crippen LogP contribution in [0.15, 0.2) is 41.2 Å². The molecule has 0 radical (unpaired) electrons. The predicted molar refractivity (Wildman–Crippen MR) is 105 cm³/mol. The maximum absolute atomic E-state index is 11.3. The second kappa shape index (κ2) is 6.91. The van der Waals surface area contributed by atoms with Crippen molar-refractivity contribution in [1.82, 2.24) is 4.98 Å². The molecule has 3 aromatic rings. The van der Waals surface area contributed by atoms with Crippen molar-refractivity contribution < 1.29 is 19.3 Å². The number of rotatable bonds is 5. The normalized spacial score (nSPS) is 16.9. The number of nitrogens with one attached hydrogen (secondary N) is 1. The Morgan fingerprint density at radius 3 is 2.61 bits per heavy atom. The fourth-order valence-corrected chi connectivity index (χ4v) is 4.41. The number of aromatic hydroxyl groups is 1. The van der Waals surface area contributed by atoms with Crippen molar-refractivity contribution in [3.63, 3.8) is 0 Å². The molecule has 144 valence electrons. The van der Waals surface area contributed by atoms with E-state index in [1.807, 2.05) is 24.3 Å². The lowest BCUT2D eigenvalue weighted by Crippen LogP contribution is -2.25. The molecule has 1 aromatic heterocycles. The van der Waals surface area contributed by atoms with Gasteiger partial charge in [0.15, 0.2) is 11.5 Å². The summed E-state index contributed by atoms with van der Waals surface area (Å²) in [6.45, 7) is 1.82. The minimum Gasteiger partial charge on any atom is -0.494 e. The van der Waals surface area contributed by atoms with E-state index in [0.717, 1.165) is 40.6 Å². The van der Waals surface area contributed by atoms with Gasteiger partial charge < -0.3 is 19.3 Å². The summed E-state index contributed by atoms with van der Waals surface area (Å²) in [7, 11) is 0. The lowest BCUT2D eigenvalue weighted by Gasteiger charge is -2.32. The van der Waals surface area contributed by atoms with Gasteiger partial charge in [-0.25, -0.2) is 0 Å². The van der Waals surface area contributed by atoms with Gasteiger partial charge in [-0.1, -0.05) is 23.5 Å². The summed E-state index contributed by atoms with van der Waals surface area (Å²) in [5, 5.41) is 9.69. The van der Waals surface area contributed by atoms with Gasteiger partial charge in [0.25, 0.3) is 0 Å². The summed E-state index contributed by atoms with van der Waals surface area (Å²) in [6, 6.07) is 11.9. The minimum absolute atomic E-state index is 0.0458. The van der Waals surface area contributed by atoms with Crippen LogP contribution < -0.4 is 19.1 Å². The highest BCUT2D eigenvalue weighted by atomic mass is 32.1. The number of thiazole rings is 1. The van der Waals surface area contributed by atoms with Crippen LogP contribution in [0.5, 0.6) is 23.1 Å². The van der Waals surface area contributed by atoms with E-state index in [4.69, 9.17) is 14.2 Å². The molecule has 1 atom stereocenters. The summed E-state index contributed by atoms with van der Waals surface area (Å²) in [5.41, 5.74) is 3.59. The van der Waals surface area contributed by atoms with Crippen molar-refractivity contribution in [3.05, 3.63) is 67.6 Å². The van der Waals surface area contributed by atoms with Crippen LogP contribution >= 0.6 is 11.3 Å². The maximum Gasteiger partial charge on any atom is 0.307 e. The SMILES string of the molecule is O=c1[nH]c(O)c(Cc2ccc(OCC3Cc4cc5c(cc43)OCCO5)cc2)s1. The standard InChI is InChI=1S/C21H19NO5S/c23-20-19(28-21(24)22-20)7-12-1-3-15(4-2-12)27-11-14-8-13-9-17-18(10-16(13)14)26-6-5-25-17/h1-4,9-10,14,23H,5-8,11H2,(H,22,24). The van der Waals surface area contributed by atoms with E-state index in [0.29, 0.717) is 37.0 Å². The van der Waals surface area contributed by atoms with Crippen LogP contribution in [0.2, 0.25) is 0 Å². The van der Waals surface area contributed by atoms with E-state index in [1.165, 1.54) is 11.1 Å². The van der Waals surface area contributed by atoms with Crippen LogP contribution in [-0.2, 0) is 12.8 Å². The Bertz CT molecular complexity index is 1070. The van der Waals surface area contributed by atoms with E-state index >= 15 is 0 Å². The van der Waals surface area contributed by atoms with Crippen molar-refractivity contribution in [3.8, 4) is 23.1 Å². The quantitative estimate of drug-likeness (QED) is 0.691. The summed E-state index contributed by atoms with van der Waals surface area (Å²) >= 11 is 1.03. The van der Waals surface area contributed by atoms with Gasteiger partial charge in [0.05, 0.1) is 11.5 Å². The topological polar surface area (TPSA) is 80.8 Å². The zero-order chi connectivity index (χ0) is 19.1. The van der Waals surface area contributed by atoms with Crippen molar-refractivity contribution in [2.75, 3.05) is 19.8 Å². The molecule has 1 unspecified atom stereocenters. The molecule has 28 heavy (non-hydrogen) atoms. The van der Waals surface area contributed by atoms with Crippen molar-refractivity contribution in [2.45, 2.75) is 18.8 Å². The first-order valence-corrected chi connectivity index (χ1v) is 10.0. The Morgan fingerprint density at radius 1 is 1.14 bits per heavy atom. The number of hydrogen-bond acceptors (Lipinski definition) is 6. The molecule has 6 nitrogen and oxygen atoms in total. The molecule has 0 fully saturated rings. The molecule has 7 heteroatoms. The van der Waals surface area contributed by atoms with Gasteiger partial charge >= 0.3 is 4.87 Å². The number of benzene rings is 2. The first-order valence-electron chi connectivity index (χ1n) is 9.21. The molecule has 0 saturated heterocycles. The average Bonchev–Trinajstić information content (AvgIpc) is 3.01. The lowest BCUT2D eigenvalue weighted by molar-refractivity contribution is 0.170. The Morgan fingerprint density at radius 2 is 1.89 bits per heavy atom. The maximum atomic E-state index is 11.3. The molecular weight excluding hydrogens is 378 g/mol. The lowest BCUT2D eigenvalue weighted by atomic mass is 9.77. The molecule has 0 amide bonds. The number of aromatic amines is 1. The fraction of sp³-hybridized carbons (Fsp3) is 0.286. The van der Waals surface area contributed by atoms with Gasteiger partial charge in [0.1, 0.15) is 19.0 Å². The monoisotopic (exact) mass is 397 g/mol. The third-order valence-electron chi connectivity index (χ3n) is 5.15. The zero-order valence-electron chi connectivity index (χ0n) is 15.1. The van der Waals surface area contributed by atoms with Crippen LogP contribution in [0, 0.1) is 0 Å². The molecule has 1 aliphatic heterocycles. The number of H-pyrrole nitrogens is 1. The van der Waals surface area contributed by atoms with E-state index in [9.17, 15) is 9.90 Å². The molecule has 5 rings (SSSR count). The molecule has 0 saturated carbocycles. The summed E-state index contributed by atoms with van der Waals surface area (Å²) in [6.07, 6.45) is 1.49. The third kappa shape index (κ3) is 3.22. The number of hydrogen-bond donors (Lipinski definition) is 2. The van der Waals surface area contributed by atoms with Crippen LogP contribution in [0.4, 0.5) is 0 Å². The Balaban J connectivity index is 1.21. The Kier molecular flexibility index (Phi) is 4.24. The average molecular weight is 397 g/mol. The first-order chi connectivity index (χ1) is 13.7. The van der Waals surface area contributed by atoms with Gasteiger partial charge in [-0.2, -0.15) is 0 Å². The van der Waals surface area contributed by atoms with Crippen LogP contribution in [0.25, 0.3) is 0 Å². The molecular formula is C21H19NO5S. The highest BCUT2D eigenvalue weighted by Crippen LogP contribution is 2.43. The van der Waals surface area contributed by atoms with Gasteiger partial charge in [-0.15, -0.1) is 0 Å². The minimum atomic E-state index is -0.244. The smallest absolute Gasteiger partial charge is 0.307 e. The van der Waals surface area contributed by atoms with Gasteiger partial charge in [-0.05, 0) is 47.4 Å². The molecule has 2 aromatic carbocycles. The largest absolute Gasteiger partial charge is 0.494 e. The van der Waals surface area contributed by atoms with Crippen LogP contribution in [0.3, 0.4) is 0 Å². The van der Waals surface area contributed by atoms with Crippen molar-refractivity contribution >= 4 is 11.3 Å².